The highest BCUT2D eigenvalue weighted by atomic mass is 16.5. The van der Waals surface area contributed by atoms with Gasteiger partial charge < -0.3 is 15.4 Å². The topological polar surface area (TPSA) is 38.5 Å². The number of piperidine rings is 1. The van der Waals surface area contributed by atoms with E-state index in [1.54, 1.807) is 0 Å². The van der Waals surface area contributed by atoms with E-state index in [2.05, 4.69) is 37.1 Å². The van der Waals surface area contributed by atoms with E-state index in [0.29, 0.717) is 25.0 Å². The van der Waals surface area contributed by atoms with Crippen molar-refractivity contribution < 1.29 is 4.74 Å². The van der Waals surface area contributed by atoms with Gasteiger partial charge in [0.1, 0.15) is 5.75 Å². The van der Waals surface area contributed by atoms with Gasteiger partial charge in [0.15, 0.2) is 0 Å². The molecule has 3 heteroatoms. The molecule has 0 aromatic heterocycles. The van der Waals surface area contributed by atoms with E-state index in [4.69, 9.17) is 10.5 Å². The van der Waals surface area contributed by atoms with Gasteiger partial charge in [-0.1, -0.05) is 17.7 Å². The molecule has 0 radical (unpaired) electrons. The summed E-state index contributed by atoms with van der Waals surface area (Å²) in [6.45, 7) is 7.95. The third-order valence-corrected chi connectivity index (χ3v) is 4.45. The summed E-state index contributed by atoms with van der Waals surface area (Å²) in [5.41, 5.74) is 8.71. The van der Waals surface area contributed by atoms with Crippen LogP contribution >= 0.6 is 0 Å². The third-order valence-electron chi connectivity index (χ3n) is 4.45. The average Bonchev–Trinajstić information content (AvgIpc) is 2.45. The smallest absolute Gasteiger partial charge is 0.122 e. The second-order valence-corrected chi connectivity index (χ2v) is 5.96. The first-order valence-corrected chi connectivity index (χ1v) is 7.77. The van der Waals surface area contributed by atoms with Gasteiger partial charge >= 0.3 is 0 Å². The average molecular weight is 276 g/mol. The molecule has 1 aliphatic heterocycles. The molecule has 1 aliphatic rings. The van der Waals surface area contributed by atoms with E-state index >= 15 is 0 Å². The summed E-state index contributed by atoms with van der Waals surface area (Å²) in [5.74, 6) is 2.12. The third kappa shape index (κ3) is 3.53. The van der Waals surface area contributed by atoms with Crippen molar-refractivity contribution in [3.8, 4) is 5.75 Å². The maximum absolute atomic E-state index is 6.12. The van der Waals surface area contributed by atoms with Crippen LogP contribution in [-0.4, -0.2) is 38.2 Å². The molecule has 1 aromatic rings. The predicted octanol–water partition coefficient (Wildman–Crippen LogP) is 2.78. The van der Waals surface area contributed by atoms with Gasteiger partial charge in [-0.15, -0.1) is 0 Å². The van der Waals surface area contributed by atoms with E-state index in [0.717, 1.165) is 5.75 Å². The first kappa shape index (κ1) is 15.3. The summed E-state index contributed by atoms with van der Waals surface area (Å²) in [6.07, 6.45) is 2.47. The Kier molecular flexibility index (Phi) is 5.44. The summed E-state index contributed by atoms with van der Waals surface area (Å²) in [4.78, 5) is 2.41. The minimum atomic E-state index is 0.421. The van der Waals surface area contributed by atoms with Gasteiger partial charge in [0.05, 0.1) is 6.61 Å². The molecule has 1 atom stereocenters. The maximum Gasteiger partial charge on any atom is 0.122 e. The van der Waals surface area contributed by atoms with Gasteiger partial charge in [0, 0.05) is 5.92 Å². The molecular weight excluding hydrogens is 248 g/mol. The quantitative estimate of drug-likeness (QED) is 0.898. The van der Waals surface area contributed by atoms with Crippen LogP contribution in [0.25, 0.3) is 0 Å². The summed E-state index contributed by atoms with van der Waals surface area (Å²) in [6, 6.07) is 6.49. The lowest BCUT2D eigenvalue weighted by molar-refractivity contribution is 0.197. The van der Waals surface area contributed by atoms with Crippen LogP contribution in [0.5, 0.6) is 5.75 Å². The number of nitrogens with two attached hydrogens (primary N) is 1. The number of benzene rings is 1. The van der Waals surface area contributed by atoms with Gasteiger partial charge in [0.2, 0.25) is 0 Å². The molecule has 20 heavy (non-hydrogen) atoms. The second kappa shape index (κ2) is 7.09. The molecule has 1 unspecified atom stereocenters. The number of nitrogens with zero attached hydrogens (tertiary/aromatic N) is 1. The summed E-state index contributed by atoms with van der Waals surface area (Å²) in [5, 5.41) is 0. The first-order chi connectivity index (χ1) is 9.65. The van der Waals surface area contributed by atoms with Crippen molar-refractivity contribution in [3.05, 3.63) is 29.3 Å². The first-order valence-electron chi connectivity index (χ1n) is 7.77. The van der Waals surface area contributed by atoms with Crippen molar-refractivity contribution in [2.24, 2.45) is 11.7 Å². The summed E-state index contributed by atoms with van der Waals surface area (Å²) < 4.78 is 5.82. The fraction of sp³-hybridized carbons (Fsp3) is 0.647. The van der Waals surface area contributed by atoms with E-state index in [1.807, 2.05) is 6.92 Å². The molecular formula is C17H28N2O. The molecule has 1 aromatic carbocycles. The predicted molar refractivity (Wildman–Crippen MR) is 84.4 cm³/mol. The number of hydrogen-bond donors (Lipinski definition) is 1. The van der Waals surface area contributed by atoms with Gasteiger partial charge in [-0.25, -0.2) is 0 Å². The molecule has 1 saturated heterocycles. The van der Waals surface area contributed by atoms with Gasteiger partial charge in [-0.3, -0.25) is 0 Å². The van der Waals surface area contributed by atoms with Crippen LogP contribution in [0.2, 0.25) is 0 Å². The Labute approximate surface area is 123 Å². The number of rotatable bonds is 5. The zero-order chi connectivity index (χ0) is 14.5. The lowest BCUT2D eigenvalue weighted by Crippen LogP contribution is -2.34. The Morgan fingerprint density at radius 3 is 2.65 bits per heavy atom. The van der Waals surface area contributed by atoms with Crippen LogP contribution in [0.1, 0.15) is 36.8 Å². The van der Waals surface area contributed by atoms with Crippen LogP contribution < -0.4 is 10.5 Å². The fourth-order valence-corrected chi connectivity index (χ4v) is 3.25. The van der Waals surface area contributed by atoms with Crippen molar-refractivity contribution in [2.45, 2.75) is 32.6 Å². The van der Waals surface area contributed by atoms with Gasteiger partial charge in [-0.05, 0) is 70.9 Å². The molecule has 0 amide bonds. The molecule has 0 aliphatic carbocycles. The van der Waals surface area contributed by atoms with Crippen LogP contribution in [0.15, 0.2) is 18.2 Å². The minimum Gasteiger partial charge on any atom is -0.494 e. The van der Waals surface area contributed by atoms with Crippen molar-refractivity contribution in [1.82, 2.24) is 4.90 Å². The molecule has 2 rings (SSSR count). The Hall–Kier alpha value is -1.06. The number of hydrogen-bond acceptors (Lipinski definition) is 3. The SMILES string of the molecule is CCOc1ccc(C)cc1C(CN)C1CCN(C)CC1. The highest BCUT2D eigenvalue weighted by molar-refractivity contribution is 5.40. The van der Waals surface area contributed by atoms with Crippen LogP contribution in [-0.2, 0) is 0 Å². The molecule has 0 bridgehead atoms. The van der Waals surface area contributed by atoms with Gasteiger partial charge in [0.25, 0.3) is 0 Å². The van der Waals surface area contributed by atoms with E-state index in [9.17, 15) is 0 Å². The Morgan fingerprint density at radius 2 is 2.05 bits per heavy atom. The molecule has 2 N–H and O–H groups in total. The monoisotopic (exact) mass is 276 g/mol. The van der Waals surface area contributed by atoms with Crippen LogP contribution in [0.3, 0.4) is 0 Å². The Balaban J connectivity index is 2.23. The largest absolute Gasteiger partial charge is 0.494 e. The molecule has 0 saturated carbocycles. The van der Waals surface area contributed by atoms with E-state index in [1.165, 1.54) is 37.1 Å². The summed E-state index contributed by atoms with van der Waals surface area (Å²) in [7, 11) is 2.20. The molecule has 112 valence electrons. The molecule has 0 spiro atoms. The zero-order valence-corrected chi connectivity index (χ0v) is 13.1. The highest BCUT2D eigenvalue weighted by Gasteiger charge is 2.27. The number of aryl methyl sites for hydroxylation is 1. The number of ether oxygens (including phenoxy) is 1. The van der Waals surface area contributed by atoms with Crippen LogP contribution in [0.4, 0.5) is 0 Å². The maximum atomic E-state index is 6.12. The lowest BCUT2D eigenvalue weighted by atomic mass is 9.79. The minimum absolute atomic E-state index is 0.421. The molecule has 3 nitrogen and oxygen atoms in total. The van der Waals surface area contributed by atoms with Crippen molar-refractivity contribution in [2.75, 3.05) is 33.3 Å². The Morgan fingerprint density at radius 1 is 1.35 bits per heavy atom. The fourth-order valence-electron chi connectivity index (χ4n) is 3.25. The Bertz CT molecular complexity index is 425. The van der Waals surface area contributed by atoms with Gasteiger partial charge in [-0.2, -0.15) is 0 Å². The lowest BCUT2D eigenvalue weighted by Gasteiger charge is -2.34. The standard InChI is InChI=1S/C17H28N2O/c1-4-20-17-6-5-13(2)11-15(17)16(12-18)14-7-9-19(3)10-8-14/h5-6,11,14,16H,4,7-10,12,18H2,1-3H3. The van der Waals surface area contributed by atoms with Crippen LogP contribution in [0, 0.1) is 12.8 Å². The number of likely N-dealkylation sites (tertiary alicyclic amines) is 1. The van der Waals surface area contributed by atoms with Crippen molar-refractivity contribution in [1.29, 1.82) is 0 Å². The molecule has 1 fully saturated rings. The highest BCUT2D eigenvalue weighted by Crippen LogP contribution is 2.37. The summed E-state index contributed by atoms with van der Waals surface area (Å²) >= 11 is 0. The van der Waals surface area contributed by atoms with Crippen molar-refractivity contribution in [3.63, 3.8) is 0 Å². The van der Waals surface area contributed by atoms with Crippen molar-refractivity contribution >= 4 is 0 Å². The van der Waals surface area contributed by atoms with E-state index in [-0.39, 0.29) is 0 Å². The zero-order valence-electron chi connectivity index (χ0n) is 13.1. The second-order valence-electron chi connectivity index (χ2n) is 5.96. The normalized spacial score (nSPS) is 19.0. The van der Waals surface area contributed by atoms with E-state index < -0.39 is 0 Å². The molecule has 1 heterocycles.